The van der Waals surface area contributed by atoms with Gasteiger partial charge in [-0.25, -0.2) is 0 Å². The van der Waals surface area contributed by atoms with Crippen LogP contribution in [-0.4, -0.2) is 17.2 Å². The third-order valence-corrected chi connectivity index (χ3v) is 3.66. The second-order valence-electron chi connectivity index (χ2n) is 4.73. The lowest BCUT2D eigenvalue weighted by molar-refractivity contribution is -0.314. The van der Waals surface area contributed by atoms with Gasteiger partial charge in [-0.15, -0.1) is 0 Å². The molecule has 18 heavy (non-hydrogen) atoms. The molecule has 1 aliphatic heterocycles. The molecule has 98 valence electrons. The zero-order valence-electron chi connectivity index (χ0n) is 10.5. The number of carboxylic acids is 1. The zero-order valence-corrected chi connectivity index (χ0v) is 10.5. The molecule has 0 bridgehead atoms. The van der Waals surface area contributed by atoms with Crippen molar-refractivity contribution in [2.75, 3.05) is 0 Å². The highest BCUT2D eigenvalue weighted by atomic mass is 16.5. The number of benzene rings is 1. The Kier molecular flexibility index (Phi) is 3.57. The van der Waals surface area contributed by atoms with Crippen LogP contribution >= 0.6 is 0 Å². The molecule has 4 atom stereocenters. The molecule has 1 aliphatic rings. The summed E-state index contributed by atoms with van der Waals surface area (Å²) in [5, 5.41) is 21.4. The molecule has 0 saturated carbocycles. The fourth-order valence-electron chi connectivity index (χ4n) is 2.59. The van der Waals surface area contributed by atoms with E-state index in [2.05, 4.69) is 0 Å². The summed E-state index contributed by atoms with van der Waals surface area (Å²) in [5.41, 5.74) is 0.653. The highest BCUT2D eigenvalue weighted by Gasteiger charge is 2.39. The van der Waals surface area contributed by atoms with Gasteiger partial charge in [0.15, 0.2) is 0 Å². The molecule has 4 unspecified atom stereocenters. The molecule has 4 heteroatoms. The summed E-state index contributed by atoms with van der Waals surface area (Å²) in [7, 11) is 0. The minimum Gasteiger partial charge on any atom is -0.550 e. The number of aliphatic hydroxyl groups excluding tert-OH is 1. The van der Waals surface area contributed by atoms with Gasteiger partial charge in [0.25, 0.3) is 0 Å². The number of ether oxygens (including phenoxy) is 1. The molecule has 1 aromatic rings. The van der Waals surface area contributed by atoms with E-state index in [1.807, 2.05) is 13.0 Å². The van der Waals surface area contributed by atoms with Crippen molar-refractivity contribution in [3.05, 3.63) is 29.8 Å². The number of carbonyl (C=O) groups excluding carboxylic acids is 1. The van der Waals surface area contributed by atoms with Gasteiger partial charge in [-0.05, 0) is 12.5 Å². The first-order valence-electron chi connectivity index (χ1n) is 6.20. The summed E-state index contributed by atoms with van der Waals surface area (Å²) in [4.78, 5) is 11.0. The van der Waals surface area contributed by atoms with E-state index in [1.54, 1.807) is 25.1 Å². The maximum Gasteiger partial charge on any atom is 0.125 e. The summed E-state index contributed by atoms with van der Waals surface area (Å²) in [6, 6.07) is 7.20. The molecule has 1 N–H and O–H groups in total. The number of aliphatic hydroxyl groups is 1. The van der Waals surface area contributed by atoms with Crippen LogP contribution in [0.1, 0.15) is 31.9 Å². The lowest BCUT2D eigenvalue weighted by atomic mass is 9.78. The lowest BCUT2D eigenvalue weighted by Crippen LogP contribution is -2.45. The first-order valence-corrected chi connectivity index (χ1v) is 6.20. The van der Waals surface area contributed by atoms with Gasteiger partial charge in [0.2, 0.25) is 0 Å². The number of rotatable bonds is 3. The number of carboxylic acid groups (broad SMARTS) is 1. The highest BCUT2D eigenvalue weighted by Crippen LogP contribution is 2.42. The van der Waals surface area contributed by atoms with Crippen LogP contribution in [0.4, 0.5) is 0 Å². The molecule has 0 amide bonds. The Morgan fingerprint density at radius 2 is 2.17 bits per heavy atom. The first kappa shape index (κ1) is 12.9. The van der Waals surface area contributed by atoms with Gasteiger partial charge in [0.1, 0.15) is 11.9 Å². The predicted octanol–water partition coefficient (Wildman–Crippen LogP) is 0.893. The fourth-order valence-corrected chi connectivity index (χ4v) is 2.59. The third-order valence-electron chi connectivity index (χ3n) is 3.66. The number of aliphatic carboxylic acids is 1. The molecule has 1 heterocycles. The Morgan fingerprint density at radius 1 is 1.50 bits per heavy atom. The molecule has 0 aromatic heterocycles. The van der Waals surface area contributed by atoms with Gasteiger partial charge in [-0.3, -0.25) is 0 Å². The quantitative estimate of drug-likeness (QED) is 0.863. The second kappa shape index (κ2) is 4.98. The molecule has 0 saturated heterocycles. The molecular weight excluding hydrogens is 232 g/mol. The summed E-state index contributed by atoms with van der Waals surface area (Å²) < 4.78 is 5.78. The van der Waals surface area contributed by atoms with Crippen molar-refractivity contribution in [3.63, 3.8) is 0 Å². The van der Waals surface area contributed by atoms with Crippen molar-refractivity contribution in [1.29, 1.82) is 0 Å². The van der Waals surface area contributed by atoms with Crippen molar-refractivity contribution in [3.8, 4) is 5.75 Å². The Balaban J connectivity index is 2.38. The maximum atomic E-state index is 11.0. The van der Waals surface area contributed by atoms with E-state index in [0.717, 1.165) is 0 Å². The number of hydrogen-bond acceptors (Lipinski definition) is 4. The number of carbonyl (C=O) groups is 1. The average molecular weight is 249 g/mol. The molecule has 0 radical (unpaired) electrons. The Hall–Kier alpha value is -1.55. The van der Waals surface area contributed by atoms with E-state index in [-0.39, 0.29) is 6.10 Å². The van der Waals surface area contributed by atoms with Gasteiger partial charge in [-0.2, -0.15) is 0 Å². The van der Waals surface area contributed by atoms with Crippen molar-refractivity contribution in [2.45, 2.75) is 32.5 Å². The standard InChI is InChI=1S/C14H18O4/c1-3-10-12(8(2)14(16)17)13(15)9-6-4-5-7-11(9)18-10/h4-8,10,12-13,15H,3H2,1-2H3,(H,16,17)/p-1. The van der Waals surface area contributed by atoms with Crippen molar-refractivity contribution < 1.29 is 19.7 Å². The fraction of sp³-hybridized carbons (Fsp3) is 0.500. The van der Waals surface area contributed by atoms with Crippen LogP contribution in [0.3, 0.4) is 0 Å². The first-order chi connectivity index (χ1) is 8.56. The van der Waals surface area contributed by atoms with E-state index in [0.29, 0.717) is 17.7 Å². The summed E-state index contributed by atoms with van der Waals surface area (Å²) in [6.07, 6.45) is -0.483. The van der Waals surface area contributed by atoms with Gasteiger partial charge < -0.3 is 19.7 Å². The number of fused-ring (bicyclic) bond motifs is 1. The van der Waals surface area contributed by atoms with E-state index < -0.39 is 23.9 Å². The maximum absolute atomic E-state index is 11.0. The van der Waals surface area contributed by atoms with E-state index >= 15 is 0 Å². The van der Waals surface area contributed by atoms with Gasteiger partial charge in [0, 0.05) is 23.4 Å². The Bertz CT molecular complexity index is 443. The van der Waals surface area contributed by atoms with E-state index in [9.17, 15) is 15.0 Å². The summed E-state index contributed by atoms with van der Waals surface area (Å²) in [6.45, 7) is 3.48. The van der Waals surface area contributed by atoms with Crippen LogP contribution in [0.15, 0.2) is 24.3 Å². The number of para-hydroxylation sites is 1. The predicted molar refractivity (Wildman–Crippen MR) is 63.8 cm³/mol. The van der Waals surface area contributed by atoms with Crippen LogP contribution in [0, 0.1) is 11.8 Å². The molecule has 0 aliphatic carbocycles. The minimum absolute atomic E-state index is 0.303. The van der Waals surface area contributed by atoms with Gasteiger partial charge >= 0.3 is 0 Å². The molecule has 0 fully saturated rings. The average Bonchev–Trinajstić information content (AvgIpc) is 2.37. The monoisotopic (exact) mass is 249 g/mol. The SMILES string of the molecule is CCC1Oc2ccccc2C(O)C1C(C)C(=O)[O-]. The highest BCUT2D eigenvalue weighted by molar-refractivity contribution is 5.68. The molecule has 4 nitrogen and oxygen atoms in total. The van der Waals surface area contributed by atoms with Crippen LogP contribution in [0.2, 0.25) is 0 Å². The molecule has 0 spiro atoms. The third kappa shape index (κ3) is 2.08. The van der Waals surface area contributed by atoms with E-state index in [4.69, 9.17) is 4.74 Å². The minimum atomic E-state index is -1.15. The van der Waals surface area contributed by atoms with Crippen molar-refractivity contribution in [2.24, 2.45) is 11.8 Å². The van der Waals surface area contributed by atoms with E-state index in [1.165, 1.54) is 0 Å². The topological polar surface area (TPSA) is 69.6 Å². The van der Waals surface area contributed by atoms with Crippen molar-refractivity contribution >= 4 is 5.97 Å². The van der Waals surface area contributed by atoms with Gasteiger partial charge in [-0.1, -0.05) is 32.0 Å². The van der Waals surface area contributed by atoms with Gasteiger partial charge in [0.05, 0.1) is 6.10 Å². The van der Waals surface area contributed by atoms with Crippen LogP contribution in [0.25, 0.3) is 0 Å². The normalized spacial score (nSPS) is 28.1. The molecule has 2 rings (SSSR count). The van der Waals surface area contributed by atoms with Crippen LogP contribution in [-0.2, 0) is 4.79 Å². The molecule has 1 aromatic carbocycles. The van der Waals surface area contributed by atoms with Crippen LogP contribution in [0.5, 0.6) is 5.75 Å². The number of hydrogen-bond donors (Lipinski definition) is 1. The Labute approximate surface area is 106 Å². The Morgan fingerprint density at radius 3 is 2.78 bits per heavy atom. The lowest BCUT2D eigenvalue weighted by Gasteiger charge is -2.40. The summed E-state index contributed by atoms with van der Waals surface area (Å²) in [5.74, 6) is -1.74. The second-order valence-corrected chi connectivity index (χ2v) is 4.73. The summed E-state index contributed by atoms with van der Waals surface area (Å²) >= 11 is 0. The zero-order chi connectivity index (χ0) is 13.3. The smallest absolute Gasteiger partial charge is 0.125 e. The molecular formula is C14H17O4-. The van der Waals surface area contributed by atoms with Crippen molar-refractivity contribution in [1.82, 2.24) is 0 Å². The largest absolute Gasteiger partial charge is 0.550 e. The van der Waals surface area contributed by atoms with Crippen LogP contribution < -0.4 is 9.84 Å².